The second-order valence-corrected chi connectivity index (χ2v) is 8.24. The standard InChI is InChI=1S/C26H23ClF3NO5/c27-20-8-11-23(35-15-1-13-26(28,29)30)22(16-20)24(32)31-14-12-17-2-4-18(5-3-17)19-6-9-21(10-7-19)36-25(33)34/h2-11,16H,1,12-15H2,(H,31,32)(H,33,34). The van der Waals surface area contributed by atoms with E-state index >= 15 is 0 Å². The van der Waals surface area contributed by atoms with E-state index in [2.05, 4.69) is 10.1 Å². The molecule has 0 bridgehead atoms. The average Bonchev–Trinajstić information content (AvgIpc) is 2.82. The molecule has 0 radical (unpaired) electrons. The fourth-order valence-corrected chi connectivity index (χ4v) is 3.53. The monoisotopic (exact) mass is 521 g/mol. The number of hydrogen-bond donors (Lipinski definition) is 2. The zero-order valence-electron chi connectivity index (χ0n) is 19.0. The summed E-state index contributed by atoms with van der Waals surface area (Å²) in [7, 11) is 0. The first kappa shape index (κ1) is 26.9. The van der Waals surface area contributed by atoms with Crippen LogP contribution in [0.2, 0.25) is 5.02 Å². The van der Waals surface area contributed by atoms with E-state index in [0.717, 1.165) is 16.7 Å². The highest BCUT2D eigenvalue weighted by Gasteiger charge is 2.26. The number of halogens is 4. The summed E-state index contributed by atoms with van der Waals surface area (Å²) in [5.74, 6) is -0.0417. The Morgan fingerprint density at radius 2 is 1.58 bits per heavy atom. The zero-order chi connectivity index (χ0) is 26.1. The van der Waals surface area contributed by atoms with Gasteiger partial charge in [0.15, 0.2) is 0 Å². The first-order valence-electron chi connectivity index (χ1n) is 11.0. The molecule has 3 rings (SSSR count). The summed E-state index contributed by atoms with van der Waals surface area (Å²) < 4.78 is 47.0. The maximum atomic E-state index is 12.7. The molecule has 0 aromatic heterocycles. The number of rotatable bonds is 10. The molecule has 190 valence electrons. The van der Waals surface area contributed by atoms with E-state index in [1.54, 1.807) is 24.3 Å². The molecule has 0 spiro atoms. The van der Waals surface area contributed by atoms with Crippen molar-refractivity contribution in [3.8, 4) is 22.6 Å². The number of carbonyl (C=O) groups excluding carboxylic acids is 1. The maximum Gasteiger partial charge on any atom is 0.511 e. The third kappa shape index (κ3) is 8.49. The smallest absolute Gasteiger partial charge is 0.493 e. The predicted molar refractivity (Wildman–Crippen MR) is 129 cm³/mol. The van der Waals surface area contributed by atoms with Gasteiger partial charge < -0.3 is 19.9 Å². The summed E-state index contributed by atoms with van der Waals surface area (Å²) in [4.78, 5) is 23.2. The minimum Gasteiger partial charge on any atom is -0.493 e. The molecule has 10 heteroatoms. The second-order valence-electron chi connectivity index (χ2n) is 7.80. The largest absolute Gasteiger partial charge is 0.511 e. The van der Waals surface area contributed by atoms with Crippen LogP contribution in [-0.2, 0) is 6.42 Å². The van der Waals surface area contributed by atoms with Crippen molar-refractivity contribution >= 4 is 23.7 Å². The van der Waals surface area contributed by atoms with Crippen LogP contribution in [0.25, 0.3) is 11.1 Å². The summed E-state index contributed by atoms with van der Waals surface area (Å²) in [5.41, 5.74) is 2.94. The number of alkyl halides is 3. The van der Waals surface area contributed by atoms with E-state index in [4.69, 9.17) is 21.4 Å². The predicted octanol–water partition coefficient (Wildman–Crippen LogP) is 6.76. The van der Waals surface area contributed by atoms with Crippen LogP contribution in [0, 0.1) is 0 Å². The quantitative estimate of drug-likeness (QED) is 0.175. The number of ether oxygens (including phenoxy) is 2. The van der Waals surface area contributed by atoms with E-state index in [0.29, 0.717) is 18.0 Å². The van der Waals surface area contributed by atoms with Gasteiger partial charge in [0.25, 0.3) is 5.91 Å². The van der Waals surface area contributed by atoms with Gasteiger partial charge in [0.2, 0.25) is 0 Å². The van der Waals surface area contributed by atoms with Crippen LogP contribution in [0.15, 0.2) is 66.7 Å². The highest BCUT2D eigenvalue weighted by atomic mass is 35.5. The van der Waals surface area contributed by atoms with Crippen molar-refractivity contribution < 1.29 is 37.3 Å². The molecule has 3 aromatic rings. The lowest BCUT2D eigenvalue weighted by Gasteiger charge is -2.13. The van der Waals surface area contributed by atoms with E-state index in [1.165, 1.54) is 18.2 Å². The van der Waals surface area contributed by atoms with Crippen molar-refractivity contribution in [1.82, 2.24) is 5.32 Å². The average molecular weight is 522 g/mol. The highest BCUT2D eigenvalue weighted by molar-refractivity contribution is 6.31. The SMILES string of the molecule is O=C(O)Oc1ccc(-c2ccc(CCNC(=O)c3cc(Cl)ccc3OCCCC(F)(F)F)cc2)cc1. The molecule has 36 heavy (non-hydrogen) atoms. The fourth-order valence-electron chi connectivity index (χ4n) is 3.36. The van der Waals surface area contributed by atoms with E-state index in [9.17, 15) is 22.8 Å². The molecule has 0 aliphatic carbocycles. The van der Waals surface area contributed by atoms with Crippen LogP contribution in [0.3, 0.4) is 0 Å². The Bertz CT molecular complexity index is 1180. The lowest BCUT2D eigenvalue weighted by Crippen LogP contribution is -2.26. The van der Waals surface area contributed by atoms with Crippen LogP contribution in [-0.4, -0.2) is 36.5 Å². The lowest BCUT2D eigenvalue weighted by atomic mass is 10.0. The normalized spacial score (nSPS) is 11.1. The summed E-state index contributed by atoms with van der Waals surface area (Å²) in [6.07, 6.45) is -6.28. The van der Waals surface area contributed by atoms with Gasteiger partial charge in [-0.2, -0.15) is 13.2 Å². The molecule has 0 saturated heterocycles. The van der Waals surface area contributed by atoms with Crippen LogP contribution >= 0.6 is 11.6 Å². The molecule has 0 aliphatic rings. The van der Waals surface area contributed by atoms with Crippen LogP contribution in [0.1, 0.15) is 28.8 Å². The van der Waals surface area contributed by atoms with Crippen LogP contribution < -0.4 is 14.8 Å². The van der Waals surface area contributed by atoms with Gasteiger partial charge >= 0.3 is 12.3 Å². The van der Waals surface area contributed by atoms with E-state index < -0.39 is 24.7 Å². The number of benzene rings is 3. The fraction of sp³-hybridized carbons (Fsp3) is 0.231. The first-order chi connectivity index (χ1) is 17.1. The number of carboxylic acid groups (broad SMARTS) is 1. The summed E-state index contributed by atoms with van der Waals surface area (Å²) in [5, 5.41) is 11.7. The van der Waals surface area contributed by atoms with Gasteiger partial charge in [-0.1, -0.05) is 48.0 Å². The summed E-state index contributed by atoms with van der Waals surface area (Å²) in [6, 6.07) is 18.7. The Labute approximate surface area is 210 Å². The molecule has 3 aromatic carbocycles. The topological polar surface area (TPSA) is 84.9 Å². The Balaban J connectivity index is 1.53. The van der Waals surface area contributed by atoms with Gasteiger partial charge in [-0.15, -0.1) is 0 Å². The van der Waals surface area contributed by atoms with Crippen molar-refractivity contribution in [3.63, 3.8) is 0 Å². The van der Waals surface area contributed by atoms with E-state index in [1.807, 2.05) is 24.3 Å². The molecule has 1 amide bonds. The Hall–Kier alpha value is -3.72. The Kier molecular flexibility index (Phi) is 9.19. The van der Waals surface area contributed by atoms with Gasteiger partial charge in [0.05, 0.1) is 12.2 Å². The number of nitrogens with one attached hydrogen (secondary N) is 1. The molecule has 0 unspecified atom stereocenters. The molecule has 0 saturated carbocycles. The van der Waals surface area contributed by atoms with Gasteiger partial charge in [-0.3, -0.25) is 4.79 Å². The van der Waals surface area contributed by atoms with Crippen molar-refractivity contribution in [2.75, 3.05) is 13.2 Å². The molecular weight excluding hydrogens is 499 g/mol. The second kappa shape index (κ2) is 12.3. The van der Waals surface area contributed by atoms with Gasteiger partial charge in [-0.25, -0.2) is 4.79 Å². The minimum absolute atomic E-state index is 0.153. The van der Waals surface area contributed by atoms with Crippen LogP contribution in [0.4, 0.5) is 18.0 Å². The Morgan fingerprint density at radius 3 is 2.19 bits per heavy atom. The van der Waals surface area contributed by atoms with Crippen LogP contribution in [0.5, 0.6) is 11.5 Å². The van der Waals surface area contributed by atoms with Gasteiger partial charge in [0.1, 0.15) is 11.5 Å². The van der Waals surface area contributed by atoms with E-state index in [-0.39, 0.29) is 30.1 Å². The lowest BCUT2D eigenvalue weighted by molar-refractivity contribution is -0.136. The zero-order valence-corrected chi connectivity index (χ0v) is 19.7. The summed E-state index contributed by atoms with van der Waals surface area (Å²) in [6.45, 7) is 0.141. The molecule has 0 heterocycles. The molecule has 0 fully saturated rings. The molecule has 0 atom stereocenters. The van der Waals surface area contributed by atoms with Gasteiger partial charge in [-0.05, 0) is 59.9 Å². The third-order valence-electron chi connectivity index (χ3n) is 5.09. The first-order valence-corrected chi connectivity index (χ1v) is 11.4. The molecule has 2 N–H and O–H groups in total. The number of carbonyl (C=O) groups is 2. The molecular formula is C26H23ClF3NO5. The third-order valence-corrected chi connectivity index (χ3v) is 5.33. The highest BCUT2D eigenvalue weighted by Crippen LogP contribution is 2.26. The number of amides is 1. The van der Waals surface area contributed by atoms with Crippen molar-refractivity contribution in [2.45, 2.75) is 25.4 Å². The maximum absolute atomic E-state index is 12.7. The summed E-state index contributed by atoms with van der Waals surface area (Å²) >= 11 is 5.99. The minimum atomic E-state index is -4.26. The Morgan fingerprint density at radius 1 is 0.944 bits per heavy atom. The van der Waals surface area contributed by atoms with Gasteiger partial charge in [0, 0.05) is 18.0 Å². The number of hydrogen-bond acceptors (Lipinski definition) is 4. The van der Waals surface area contributed by atoms with Crippen molar-refractivity contribution in [1.29, 1.82) is 0 Å². The van der Waals surface area contributed by atoms with Crippen molar-refractivity contribution in [3.05, 3.63) is 82.9 Å². The molecule has 6 nitrogen and oxygen atoms in total. The molecule has 0 aliphatic heterocycles. The van der Waals surface area contributed by atoms with Crippen molar-refractivity contribution in [2.24, 2.45) is 0 Å².